The lowest BCUT2D eigenvalue weighted by Crippen LogP contribution is -2.62. The van der Waals surface area contributed by atoms with Gasteiger partial charge in [0.25, 0.3) is 11.8 Å². The van der Waals surface area contributed by atoms with Crippen LogP contribution in [0.2, 0.25) is 0 Å². The molecule has 0 unspecified atom stereocenters. The number of rotatable bonds is 4. The summed E-state index contributed by atoms with van der Waals surface area (Å²) in [5.41, 5.74) is 4.07. The van der Waals surface area contributed by atoms with E-state index in [1.807, 2.05) is 140 Å². The van der Waals surface area contributed by atoms with Crippen LogP contribution in [0.25, 0.3) is 49.7 Å². The molecule has 2 aliphatic rings. The monoisotopic (exact) mass is 761 g/mol. The van der Waals surface area contributed by atoms with Crippen molar-refractivity contribution in [3.63, 3.8) is 0 Å². The molecule has 0 saturated carbocycles. The molecule has 3 nitrogen and oxygen atoms in total. The van der Waals surface area contributed by atoms with Crippen molar-refractivity contribution in [1.29, 1.82) is 10.5 Å². The minimum atomic E-state index is -4.08. The Hall–Kier alpha value is -6.90. The summed E-state index contributed by atoms with van der Waals surface area (Å²) in [6.45, 7) is 3.08. The Morgan fingerprint density at radius 3 is 1.47 bits per heavy atom. The molecule has 7 aromatic carbocycles. The van der Waals surface area contributed by atoms with Crippen molar-refractivity contribution in [2.45, 2.75) is 37.5 Å². The van der Waals surface area contributed by atoms with Crippen LogP contribution >= 0.6 is 0 Å². The van der Waals surface area contributed by atoms with Gasteiger partial charge in [-0.2, -0.15) is 10.5 Å². The average Bonchev–Trinajstić information content (AvgIpc) is 3.66. The quantitative estimate of drug-likeness (QED) is 0.132. The van der Waals surface area contributed by atoms with Gasteiger partial charge in [-0.05, 0) is 63.1 Å². The highest BCUT2D eigenvalue weighted by molar-refractivity contribution is 6.97. The van der Waals surface area contributed by atoms with Crippen molar-refractivity contribution in [3.05, 3.63) is 179 Å². The van der Waals surface area contributed by atoms with E-state index in [9.17, 15) is 10.5 Å². The highest BCUT2D eigenvalue weighted by atomic mass is 19.3. The van der Waals surface area contributed by atoms with Crippen molar-refractivity contribution >= 4 is 44.9 Å². The Kier molecular flexibility index (Phi) is 7.69. The Morgan fingerprint density at radius 1 is 0.534 bits per heavy atom. The Morgan fingerprint density at radius 2 is 0.983 bits per heavy atom. The first-order valence-corrected chi connectivity index (χ1v) is 19.1. The maximum Gasteiger partial charge on any atom is 0.281 e. The predicted molar refractivity (Wildman–Crippen MR) is 223 cm³/mol. The summed E-state index contributed by atoms with van der Waals surface area (Å²) in [4.78, 5) is 0. The van der Waals surface area contributed by atoms with Crippen LogP contribution in [0.5, 0.6) is 0 Å². The summed E-state index contributed by atoms with van der Waals surface area (Å²) in [6.07, 6.45) is -1.80. The molecule has 58 heavy (non-hydrogen) atoms. The molecule has 8 heteroatoms. The van der Waals surface area contributed by atoms with Gasteiger partial charge in [-0.1, -0.05) is 146 Å². The topological polar surface area (TPSA) is 52.5 Å². The van der Waals surface area contributed by atoms with Gasteiger partial charge in [0.2, 0.25) is 6.71 Å². The maximum atomic E-state index is 16.7. The van der Waals surface area contributed by atoms with Crippen LogP contribution in [-0.2, 0) is 17.3 Å². The summed E-state index contributed by atoms with van der Waals surface area (Å²) in [5.74, 6) is -8.12. The largest absolute Gasteiger partial charge is 0.307 e. The lowest BCUT2D eigenvalue weighted by Gasteiger charge is -2.39. The lowest BCUT2D eigenvalue weighted by atomic mass is 9.30. The SMILES string of the molecule is CC1(C)c2ccccc2B(c2c(C#N)c(-n3c4ccc(-c5ccccc5)cc4c4cc(-c5ccccc5)ccc43)c(C#N)c3c2C(F)(F)CC3(F)F)c2ccccc21. The Bertz CT molecular complexity index is 2950. The first-order valence-electron chi connectivity index (χ1n) is 19.1. The average molecular weight is 762 g/mol. The van der Waals surface area contributed by atoms with Gasteiger partial charge >= 0.3 is 0 Å². The summed E-state index contributed by atoms with van der Waals surface area (Å²) in [5, 5.41) is 23.9. The van der Waals surface area contributed by atoms with Crippen molar-refractivity contribution < 1.29 is 17.6 Å². The first kappa shape index (κ1) is 35.5. The van der Waals surface area contributed by atoms with E-state index >= 15 is 17.6 Å². The number of nitrogens with zero attached hydrogens (tertiary/aromatic N) is 3. The fourth-order valence-electron chi connectivity index (χ4n) is 9.84. The van der Waals surface area contributed by atoms with Crippen LogP contribution in [0.1, 0.15) is 53.6 Å². The number of alkyl halides is 4. The molecule has 1 aromatic heterocycles. The van der Waals surface area contributed by atoms with Crippen LogP contribution in [0, 0.1) is 22.7 Å². The molecule has 1 aliphatic heterocycles. The molecular weight excluding hydrogens is 729 g/mol. The minimum absolute atomic E-state index is 0.129. The van der Waals surface area contributed by atoms with Gasteiger partial charge in [0.05, 0.1) is 34.3 Å². The molecule has 10 rings (SSSR count). The zero-order chi connectivity index (χ0) is 40.1. The molecule has 1 aliphatic carbocycles. The van der Waals surface area contributed by atoms with E-state index in [-0.39, 0.29) is 16.7 Å². The van der Waals surface area contributed by atoms with E-state index < -0.39 is 47.1 Å². The summed E-state index contributed by atoms with van der Waals surface area (Å²) in [6, 6.07) is 50.3. The third kappa shape index (κ3) is 4.98. The van der Waals surface area contributed by atoms with Gasteiger partial charge in [-0.25, -0.2) is 17.6 Å². The fraction of sp³-hybridized carbons (Fsp3) is 0.120. The second kappa shape index (κ2) is 12.6. The number of hydrogen-bond acceptors (Lipinski definition) is 2. The van der Waals surface area contributed by atoms with Crippen molar-refractivity contribution in [2.75, 3.05) is 0 Å². The van der Waals surface area contributed by atoms with Gasteiger partial charge in [0.15, 0.2) is 0 Å². The Balaban J connectivity index is 1.39. The number of aromatic nitrogens is 1. The van der Waals surface area contributed by atoms with Crippen LogP contribution in [0.15, 0.2) is 146 Å². The highest BCUT2D eigenvalue weighted by Crippen LogP contribution is 2.56. The third-order valence-corrected chi connectivity index (χ3v) is 12.3. The van der Waals surface area contributed by atoms with Gasteiger partial charge < -0.3 is 4.57 Å². The zero-order valence-electron chi connectivity index (χ0n) is 31.5. The smallest absolute Gasteiger partial charge is 0.281 e. The van der Waals surface area contributed by atoms with Gasteiger partial charge in [0, 0.05) is 27.3 Å². The van der Waals surface area contributed by atoms with Gasteiger partial charge in [0.1, 0.15) is 12.1 Å². The van der Waals surface area contributed by atoms with Gasteiger partial charge in [-0.15, -0.1) is 0 Å². The number of halogens is 4. The van der Waals surface area contributed by atoms with E-state index in [4.69, 9.17) is 0 Å². The second-order valence-corrected chi connectivity index (χ2v) is 15.8. The standard InChI is InChI=1S/C50H32BF4N3/c1-48(2)38-17-9-11-19-40(38)51(41-20-12-10-18-39(41)48)46-37(28-57)47(36(27-56)44-45(46)50(54,55)29-49(44,52)53)58-42-23-21-32(30-13-5-3-6-14-30)25-34(42)35-26-33(22-24-43(35)58)31-15-7-4-8-16-31/h3-26H,29H2,1-2H3. The summed E-state index contributed by atoms with van der Waals surface area (Å²) >= 11 is 0. The molecule has 0 amide bonds. The second-order valence-electron chi connectivity index (χ2n) is 15.8. The number of fused-ring (bicyclic) bond motifs is 6. The summed E-state index contributed by atoms with van der Waals surface area (Å²) in [7, 11) is 0. The molecule has 0 radical (unpaired) electrons. The van der Waals surface area contributed by atoms with Crippen LogP contribution in [-0.4, -0.2) is 11.3 Å². The zero-order valence-corrected chi connectivity index (χ0v) is 31.5. The van der Waals surface area contributed by atoms with Crippen molar-refractivity contribution in [2.24, 2.45) is 0 Å². The first-order chi connectivity index (χ1) is 28.0. The van der Waals surface area contributed by atoms with E-state index in [0.29, 0.717) is 22.0 Å². The third-order valence-electron chi connectivity index (χ3n) is 12.3. The molecule has 0 fully saturated rings. The fourth-order valence-corrected chi connectivity index (χ4v) is 9.84. The molecular formula is C50H32BF4N3. The van der Waals surface area contributed by atoms with E-state index in [1.165, 1.54) is 0 Å². The molecule has 0 N–H and O–H groups in total. The maximum absolute atomic E-state index is 16.7. The molecule has 2 heterocycles. The normalized spacial score (nSPS) is 15.7. The Labute approximate surface area is 333 Å². The minimum Gasteiger partial charge on any atom is -0.307 e. The molecule has 0 spiro atoms. The van der Waals surface area contributed by atoms with Crippen molar-refractivity contribution in [1.82, 2.24) is 4.57 Å². The lowest BCUT2D eigenvalue weighted by molar-refractivity contribution is -0.0922. The number of nitriles is 2. The summed E-state index contributed by atoms with van der Waals surface area (Å²) < 4.78 is 68.2. The van der Waals surface area contributed by atoms with E-state index in [0.717, 1.165) is 44.2 Å². The number of hydrogen-bond donors (Lipinski definition) is 0. The number of benzene rings is 7. The highest BCUT2D eigenvalue weighted by Gasteiger charge is 2.60. The van der Waals surface area contributed by atoms with Crippen LogP contribution < -0.4 is 16.4 Å². The van der Waals surface area contributed by atoms with Crippen LogP contribution in [0.4, 0.5) is 17.6 Å². The molecule has 0 bridgehead atoms. The van der Waals surface area contributed by atoms with E-state index in [1.54, 1.807) is 16.7 Å². The molecule has 8 aromatic rings. The molecule has 0 atom stereocenters. The van der Waals surface area contributed by atoms with Crippen molar-refractivity contribution in [3.8, 4) is 40.1 Å². The van der Waals surface area contributed by atoms with Gasteiger partial charge in [-0.3, -0.25) is 0 Å². The predicted octanol–water partition coefficient (Wildman–Crippen LogP) is 10.6. The van der Waals surface area contributed by atoms with E-state index in [2.05, 4.69) is 19.9 Å². The van der Waals surface area contributed by atoms with Crippen LogP contribution in [0.3, 0.4) is 0 Å². The molecule has 278 valence electrons. The molecule has 0 saturated heterocycles.